The average Bonchev–Trinajstić information content (AvgIpc) is 3.16. The zero-order valence-corrected chi connectivity index (χ0v) is 11.4. The number of hydrogen-bond acceptors (Lipinski definition) is 7. The van der Waals surface area contributed by atoms with Crippen molar-refractivity contribution in [3.63, 3.8) is 0 Å². The van der Waals surface area contributed by atoms with Crippen molar-refractivity contribution < 1.29 is 14.2 Å². The van der Waals surface area contributed by atoms with E-state index >= 15 is 0 Å². The van der Waals surface area contributed by atoms with E-state index in [0.717, 1.165) is 5.56 Å². The van der Waals surface area contributed by atoms with Crippen LogP contribution in [-0.2, 0) is 6.61 Å². The molecule has 3 aromatic rings. The Morgan fingerprint density at radius 2 is 2.29 bits per heavy atom. The number of hydrogen-bond donors (Lipinski definition) is 0. The molecule has 0 aliphatic carbocycles. The number of thiophene rings is 1. The second-order valence-electron chi connectivity index (χ2n) is 4.07. The first-order chi connectivity index (χ1) is 10.2. The quantitative estimate of drug-likeness (QED) is 0.530. The van der Waals surface area contributed by atoms with Gasteiger partial charge in [0, 0.05) is 17.0 Å². The van der Waals surface area contributed by atoms with Gasteiger partial charge in [0.05, 0.1) is 11.0 Å². The van der Waals surface area contributed by atoms with E-state index in [1.165, 1.54) is 12.1 Å². The summed E-state index contributed by atoms with van der Waals surface area (Å²) in [6.45, 7) is 0.0539. The highest BCUT2D eigenvalue weighted by Crippen LogP contribution is 2.21. The molecule has 2 heterocycles. The van der Waals surface area contributed by atoms with Crippen molar-refractivity contribution in [1.82, 2.24) is 10.1 Å². The lowest BCUT2D eigenvalue weighted by molar-refractivity contribution is -0.384. The molecule has 0 unspecified atom stereocenters. The monoisotopic (exact) mass is 303 g/mol. The maximum atomic E-state index is 10.7. The molecule has 0 aliphatic heterocycles. The Kier molecular flexibility index (Phi) is 3.61. The van der Waals surface area contributed by atoms with Crippen molar-refractivity contribution in [3.8, 4) is 17.1 Å². The molecule has 0 radical (unpaired) electrons. The van der Waals surface area contributed by atoms with Gasteiger partial charge in [-0.2, -0.15) is 16.3 Å². The van der Waals surface area contributed by atoms with Gasteiger partial charge < -0.3 is 9.26 Å². The Hall–Kier alpha value is -2.74. The van der Waals surface area contributed by atoms with Crippen LogP contribution in [0.4, 0.5) is 5.69 Å². The maximum Gasteiger partial charge on any atom is 0.273 e. The lowest BCUT2D eigenvalue weighted by Gasteiger charge is -2.02. The van der Waals surface area contributed by atoms with Gasteiger partial charge in [0.1, 0.15) is 5.75 Å². The molecule has 7 nitrogen and oxygen atoms in total. The zero-order chi connectivity index (χ0) is 14.7. The fraction of sp³-hybridized carbons (Fsp3) is 0.0769. The Bertz CT molecular complexity index is 754. The molecule has 0 atom stereocenters. The molecule has 3 rings (SSSR count). The molecular formula is C13H9N3O4S. The van der Waals surface area contributed by atoms with Crippen molar-refractivity contribution >= 4 is 17.0 Å². The van der Waals surface area contributed by atoms with Gasteiger partial charge in [0.2, 0.25) is 5.82 Å². The smallest absolute Gasteiger partial charge is 0.273 e. The number of benzene rings is 1. The van der Waals surface area contributed by atoms with Gasteiger partial charge >= 0.3 is 0 Å². The van der Waals surface area contributed by atoms with Gasteiger partial charge in [0.25, 0.3) is 11.6 Å². The molecular weight excluding hydrogens is 294 g/mol. The van der Waals surface area contributed by atoms with E-state index < -0.39 is 4.92 Å². The highest BCUT2D eigenvalue weighted by Gasteiger charge is 2.11. The largest absolute Gasteiger partial charge is 0.484 e. The fourth-order valence-corrected chi connectivity index (χ4v) is 2.29. The normalized spacial score (nSPS) is 10.5. The summed E-state index contributed by atoms with van der Waals surface area (Å²) in [4.78, 5) is 14.4. The van der Waals surface area contributed by atoms with Crippen LogP contribution in [-0.4, -0.2) is 15.1 Å². The van der Waals surface area contributed by atoms with Gasteiger partial charge in [-0.3, -0.25) is 10.1 Å². The lowest BCUT2D eigenvalue weighted by Crippen LogP contribution is -1.96. The number of rotatable bonds is 5. The van der Waals surface area contributed by atoms with Crippen molar-refractivity contribution in [2.45, 2.75) is 6.61 Å². The summed E-state index contributed by atoms with van der Waals surface area (Å²) in [5.74, 6) is 1.18. The molecule has 8 heteroatoms. The van der Waals surface area contributed by atoms with E-state index in [2.05, 4.69) is 10.1 Å². The first-order valence-corrected chi connectivity index (χ1v) is 6.89. The molecule has 0 amide bonds. The summed E-state index contributed by atoms with van der Waals surface area (Å²) in [5.41, 5.74) is 0.849. The minimum Gasteiger partial charge on any atom is -0.484 e. The Balaban J connectivity index is 1.68. The molecule has 21 heavy (non-hydrogen) atoms. The molecule has 0 spiro atoms. The molecule has 0 bridgehead atoms. The van der Waals surface area contributed by atoms with Gasteiger partial charge in [-0.25, -0.2) is 0 Å². The predicted octanol–water partition coefficient (Wildman–Crippen LogP) is 3.29. The number of nitro benzene ring substituents is 1. The van der Waals surface area contributed by atoms with E-state index in [4.69, 9.17) is 9.26 Å². The maximum absolute atomic E-state index is 10.7. The summed E-state index contributed by atoms with van der Waals surface area (Å²) in [6.07, 6.45) is 0. The van der Waals surface area contributed by atoms with Crippen LogP contribution in [0.3, 0.4) is 0 Å². The average molecular weight is 303 g/mol. The van der Waals surface area contributed by atoms with E-state index in [-0.39, 0.29) is 12.3 Å². The van der Waals surface area contributed by atoms with Crippen LogP contribution in [0.2, 0.25) is 0 Å². The second kappa shape index (κ2) is 5.71. The molecule has 1 aromatic carbocycles. The van der Waals surface area contributed by atoms with Gasteiger partial charge in [0.15, 0.2) is 6.61 Å². The first kappa shape index (κ1) is 13.3. The third-order valence-corrected chi connectivity index (χ3v) is 3.32. The summed E-state index contributed by atoms with van der Waals surface area (Å²) in [7, 11) is 0. The van der Waals surface area contributed by atoms with Crippen LogP contribution in [0.1, 0.15) is 5.89 Å². The summed E-state index contributed by atoms with van der Waals surface area (Å²) >= 11 is 1.54. The number of nitro groups is 1. The summed E-state index contributed by atoms with van der Waals surface area (Å²) in [5, 5.41) is 18.4. The number of non-ortho nitro benzene ring substituents is 1. The minimum absolute atomic E-state index is 0.0306. The van der Waals surface area contributed by atoms with Crippen LogP contribution in [0.15, 0.2) is 45.6 Å². The van der Waals surface area contributed by atoms with E-state index in [9.17, 15) is 10.1 Å². The SMILES string of the molecule is O=[N+]([O-])c1cccc(OCc2nc(-c3ccsc3)no2)c1. The summed E-state index contributed by atoms with van der Waals surface area (Å²) in [6, 6.07) is 7.81. The van der Waals surface area contributed by atoms with E-state index in [1.807, 2.05) is 16.8 Å². The van der Waals surface area contributed by atoms with Crippen LogP contribution >= 0.6 is 11.3 Å². The van der Waals surface area contributed by atoms with Crippen LogP contribution in [0, 0.1) is 10.1 Å². The van der Waals surface area contributed by atoms with Gasteiger partial charge in [-0.15, -0.1) is 0 Å². The second-order valence-corrected chi connectivity index (χ2v) is 4.85. The number of aromatic nitrogens is 2. The van der Waals surface area contributed by atoms with Gasteiger partial charge in [-0.1, -0.05) is 11.2 Å². The van der Waals surface area contributed by atoms with Crippen LogP contribution < -0.4 is 4.74 Å². The molecule has 106 valence electrons. The molecule has 0 saturated carbocycles. The molecule has 0 N–H and O–H groups in total. The van der Waals surface area contributed by atoms with Crippen LogP contribution in [0.25, 0.3) is 11.4 Å². The predicted molar refractivity (Wildman–Crippen MR) is 75.0 cm³/mol. The minimum atomic E-state index is -0.478. The van der Waals surface area contributed by atoms with Crippen molar-refractivity contribution in [3.05, 3.63) is 57.1 Å². The zero-order valence-electron chi connectivity index (χ0n) is 10.6. The highest BCUT2D eigenvalue weighted by atomic mass is 32.1. The Labute approximate surface area is 123 Å². The standard InChI is InChI=1S/C13H9N3O4S/c17-16(18)10-2-1-3-11(6-10)19-7-12-14-13(15-20-12)9-4-5-21-8-9/h1-6,8H,7H2. The molecule has 0 aliphatic rings. The molecule has 2 aromatic heterocycles. The highest BCUT2D eigenvalue weighted by molar-refractivity contribution is 7.08. The van der Waals surface area contributed by atoms with Crippen molar-refractivity contribution in [2.75, 3.05) is 0 Å². The Morgan fingerprint density at radius 3 is 3.05 bits per heavy atom. The third-order valence-electron chi connectivity index (χ3n) is 2.64. The van der Waals surface area contributed by atoms with E-state index in [1.54, 1.807) is 23.5 Å². The lowest BCUT2D eigenvalue weighted by atomic mass is 10.3. The van der Waals surface area contributed by atoms with Crippen molar-refractivity contribution in [2.24, 2.45) is 0 Å². The van der Waals surface area contributed by atoms with Crippen LogP contribution in [0.5, 0.6) is 5.75 Å². The van der Waals surface area contributed by atoms with Crippen molar-refractivity contribution in [1.29, 1.82) is 0 Å². The fourth-order valence-electron chi connectivity index (χ4n) is 1.65. The summed E-state index contributed by atoms with van der Waals surface area (Å²) < 4.78 is 10.5. The molecule has 0 saturated heterocycles. The number of nitrogens with zero attached hydrogens (tertiary/aromatic N) is 3. The number of ether oxygens (including phenoxy) is 1. The van der Waals surface area contributed by atoms with Gasteiger partial charge in [-0.05, 0) is 17.5 Å². The molecule has 0 fully saturated rings. The van der Waals surface area contributed by atoms with E-state index in [0.29, 0.717) is 17.5 Å². The third kappa shape index (κ3) is 3.06. The first-order valence-electron chi connectivity index (χ1n) is 5.95. The topological polar surface area (TPSA) is 91.3 Å². The Morgan fingerprint density at radius 1 is 1.38 bits per heavy atom.